The maximum atomic E-state index is 5.59. The van der Waals surface area contributed by atoms with E-state index in [1.54, 1.807) is 31.0 Å². The number of hydrogen-bond donors (Lipinski definition) is 0. The van der Waals surface area contributed by atoms with Gasteiger partial charge < -0.3 is 17.7 Å². The highest BCUT2D eigenvalue weighted by molar-refractivity contribution is 5.77. The third-order valence-electron chi connectivity index (χ3n) is 7.57. The van der Waals surface area contributed by atoms with Gasteiger partial charge >= 0.3 is 0 Å². The monoisotopic (exact) mass is 644 g/mol. The molecule has 8 heterocycles. The van der Waals surface area contributed by atoms with Crippen LogP contribution in [-0.4, -0.2) is 19.9 Å². The molecule has 0 N–H and O–H groups in total. The van der Waals surface area contributed by atoms with Crippen LogP contribution in [0.3, 0.4) is 0 Å². The molecule has 0 aliphatic heterocycles. The Kier molecular flexibility index (Phi) is 11.1. The Labute approximate surface area is 281 Å². The SMILES string of the molecule is CC(C)c1cc2cccnc2o1.CC(C)c1cc2ccncc2o1.CC(C)c1cc2cnccc2o1.CC(C)c1cc2ncccc2o1. The van der Waals surface area contributed by atoms with Crippen LogP contribution in [0, 0.1) is 0 Å². The quantitative estimate of drug-likeness (QED) is 0.186. The van der Waals surface area contributed by atoms with Crippen molar-refractivity contribution in [3.8, 4) is 0 Å². The molecule has 8 heteroatoms. The molecule has 0 fully saturated rings. The minimum Gasteiger partial charge on any atom is -0.461 e. The topological polar surface area (TPSA) is 104 Å². The average molecular weight is 645 g/mol. The molecule has 8 nitrogen and oxygen atoms in total. The van der Waals surface area contributed by atoms with Crippen molar-refractivity contribution in [3.63, 3.8) is 0 Å². The second-order valence-electron chi connectivity index (χ2n) is 12.8. The van der Waals surface area contributed by atoms with Gasteiger partial charge in [0.1, 0.15) is 34.1 Å². The molecule has 0 atom stereocenters. The highest BCUT2D eigenvalue weighted by atomic mass is 16.3. The average Bonchev–Trinajstić information content (AvgIpc) is 3.89. The second kappa shape index (κ2) is 15.6. The van der Waals surface area contributed by atoms with E-state index in [0.717, 1.165) is 67.2 Å². The number of pyridine rings is 4. The van der Waals surface area contributed by atoms with Crippen molar-refractivity contribution in [2.24, 2.45) is 0 Å². The molecule has 0 bridgehead atoms. The standard InChI is InChI=1S/4C10H11NO/c1-7(2)10-5-8-6-11-4-3-9(8)12-10;1-7(2)9-5-8-3-4-11-6-10(8)12-9;1-7(2)10-6-8-9(12-10)4-3-5-11-8;1-7(2)9-6-8-4-3-5-11-10(8)12-9/h4*3-7H,1-2H3. The first-order valence-corrected chi connectivity index (χ1v) is 16.4. The Morgan fingerprint density at radius 3 is 1.62 bits per heavy atom. The van der Waals surface area contributed by atoms with Crippen molar-refractivity contribution < 1.29 is 17.7 Å². The van der Waals surface area contributed by atoms with E-state index in [9.17, 15) is 0 Å². The minimum absolute atomic E-state index is 0.430. The molecular formula is C40H44N4O4. The fraction of sp³-hybridized carbons (Fsp3) is 0.300. The molecule has 0 unspecified atom stereocenters. The zero-order valence-corrected chi connectivity index (χ0v) is 29.0. The van der Waals surface area contributed by atoms with Crippen LogP contribution in [0.5, 0.6) is 0 Å². The first kappa shape index (κ1) is 34.1. The van der Waals surface area contributed by atoms with Gasteiger partial charge in [-0.2, -0.15) is 0 Å². The summed E-state index contributed by atoms with van der Waals surface area (Å²) in [6, 6.07) is 19.8. The molecule has 0 aliphatic rings. The van der Waals surface area contributed by atoms with Crippen LogP contribution < -0.4 is 0 Å². The number of furan rings is 4. The van der Waals surface area contributed by atoms with E-state index >= 15 is 0 Å². The van der Waals surface area contributed by atoms with E-state index < -0.39 is 0 Å². The lowest BCUT2D eigenvalue weighted by Crippen LogP contribution is -1.79. The molecule has 48 heavy (non-hydrogen) atoms. The summed E-state index contributed by atoms with van der Waals surface area (Å²) in [4.78, 5) is 16.3. The Hall–Kier alpha value is -5.24. The Morgan fingerprint density at radius 1 is 0.438 bits per heavy atom. The number of nitrogens with zero attached hydrogens (tertiary/aromatic N) is 4. The summed E-state index contributed by atoms with van der Waals surface area (Å²) in [7, 11) is 0. The fourth-order valence-corrected chi connectivity index (χ4v) is 4.73. The van der Waals surface area contributed by atoms with Gasteiger partial charge in [-0.25, -0.2) is 4.98 Å². The zero-order chi connectivity index (χ0) is 34.2. The first-order chi connectivity index (χ1) is 23.1. The van der Waals surface area contributed by atoms with Gasteiger partial charge in [0.15, 0.2) is 11.2 Å². The smallest absolute Gasteiger partial charge is 0.226 e. The van der Waals surface area contributed by atoms with E-state index in [1.165, 1.54) is 0 Å². The van der Waals surface area contributed by atoms with Crippen molar-refractivity contribution in [2.75, 3.05) is 0 Å². The highest BCUT2D eigenvalue weighted by Gasteiger charge is 2.09. The molecular weight excluding hydrogens is 600 g/mol. The summed E-state index contributed by atoms with van der Waals surface area (Å²) < 4.78 is 22.2. The Morgan fingerprint density at radius 2 is 0.979 bits per heavy atom. The normalized spacial score (nSPS) is 11.2. The largest absolute Gasteiger partial charge is 0.461 e. The Bertz CT molecular complexity index is 1740. The zero-order valence-electron chi connectivity index (χ0n) is 29.0. The van der Waals surface area contributed by atoms with E-state index in [-0.39, 0.29) is 0 Å². The van der Waals surface area contributed by atoms with Crippen LogP contribution >= 0.6 is 0 Å². The molecule has 0 saturated carbocycles. The summed E-state index contributed by atoms with van der Waals surface area (Å²) >= 11 is 0. The molecule has 8 aromatic rings. The lowest BCUT2D eigenvalue weighted by molar-refractivity contribution is 0.514. The molecule has 0 aliphatic carbocycles. The maximum absolute atomic E-state index is 5.59. The van der Waals surface area contributed by atoms with Crippen LogP contribution in [0.2, 0.25) is 0 Å². The van der Waals surface area contributed by atoms with Crippen LogP contribution in [0.1, 0.15) is 102 Å². The first-order valence-electron chi connectivity index (χ1n) is 16.4. The van der Waals surface area contributed by atoms with Crippen LogP contribution in [-0.2, 0) is 0 Å². The van der Waals surface area contributed by atoms with Gasteiger partial charge in [0, 0.05) is 76.9 Å². The number of fused-ring (bicyclic) bond motifs is 4. The maximum Gasteiger partial charge on any atom is 0.226 e. The second-order valence-corrected chi connectivity index (χ2v) is 12.8. The summed E-state index contributed by atoms with van der Waals surface area (Å²) in [5.41, 5.74) is 4.36. The minimum atomic E-state index is 0.430. The number of aromatic nitrogens is 4. The van der Waals surface area contributed by atoms with E-state index in [0.29, 0.717) is 23.7 Å². The summed E-state index contributed by atoms with van der Waals surface area (Å²) in [6.45, 7) is 16.9. The van der Waals surface area contributed by atoms with Crippen molar-refractivity contribution in [1.82, 2.24) is 19.9 Å². The summed E-state index contributed by atoms with van der Waals surface area (Å²) in [6.07, 6.45) is 10.6. The van der Waals surface area contributed by atoms with E-state index in [2.05, 4.69) is 81.4 Å². The summed E-state index contributed by atoms with van der Waals surface area (Å²) in [5, 5.41) is 3.30. The third kappa shape index (κ3) is 8.56. The van der Waals surface area contributed by atoms with Gasteiger partial charge in [-0.1, -0.05) is 55.4 Å². The molecule has 8 aromatic heterocycles. The predicted octanol–water partition coefficient (Wildman–Crippen LogP) is 11.8. The van der Waals surface area contributed by atoms with Crippen LogP contribution in [0.25, 0.3) is 44.1 Å². The van der Waals surface area contributed by atoms with Crippen LogP contribution in [0.15, 0.2) is 116 Å². The van der Waals surface area contributed by atoms with Gasteiger partial charge in [0.2, 0.25) is 5.71 Å². The number of hydrogen-bond acceptors (Lipinski definition) is 8. The number of rotatable bonds is 4. The van der Waals surface area contributed by atoms with E-state index in [1.807, 2.05) is 60.8 Å². The molecule has 0 amide bonds. The predicted molar refractivity (Wildman–Crippen MR) is 192 cm³/mol. The van der Waals surface area contributed by atoms with Crippen molar-refractivity contribution in [2.45, 2.75) is 79.1 Å². The molecule has 248 valence electrons. The van der Waals surface area contributed by atoms with Gasteiger partial charge in [0.05, 0.1) is 6.20 Å². The summed E-state index contributed by atoms with van der Waals surface area (Å²) in [5.74, 6) is 5.80. The van der Waals surface area contributed by atoms with Gasteiger partial charge in [-0.05, 0) is 54.6 Å². The van der Waals surface area contributed by atoms with Gasteiger partial charge in [-0.15, -0.1) is 0 Å². The molecule has 0 aromatic carbocycles. The lowest BCUT2D eigenvalue weighted by Gasteiger charge is -1.95. The van der Waals surface area contributed by atoms with Crippen molar-refractivity contribution >= 4 is 44.1 Å². The van der Waals surface area contributed by atoms with Crippen molar-refractivity contribution in [1.29, 1.82) is 0 Å². The molecule has 0 spiro atoms. The van der Waals surface area contributed by atoms with Gasteiger partial charge in [0.25, 0.3) is 0 Å². The molecule has 0 saturated heterocycles. The van der Waals surface area contributed by atoms with Gasteiger partial charge in [-0.3, -0.25) is 15.0 Å². The third-order valence-corrected chi connectivity index (χ3v) is 7.57. The lowest BCUT2D eigenvalue weighted by atomic mass is 10.1. The molecule has 8 rings (SSSR count). The fourth-order valence-electron chi connectivity index (χ4n) is 4.73. The Balaban J connectivity index is 0.000000125. The van der Waals surface area contributed by atoms with E-state index in [4.69, 9.17) is 17.7 Å². The van der Waals surface area contributed by atoms with Crippen molar-refractivity contribution in [3.05, 3.63) is 121 Å². The molecule has 0 radical (unpaired) electrons. The highest BCUT2D eigenvalue weighted by Crippen LogP contribution is 2.25. The van der Waals surface area contributed by atoms with Crippen LogP contribution in [0.4, 0.5) is 0 Å².